The molecule has 0 unspecified atom stereocenters. The lowest BCUT2D eigenvalue weighted by molar-refractivity contribution is 0.0361. The van der Waals surface area contributed by atoms with Crippen LogP contribution in [-0.4, -0.2) is 57.5 Å². The first kappa shape index (κ1) is 20.6. The minimum atomic E-state index is -0.256. The van der Waals surface area contributed by atoms with Crippen molar-refractivity contribution in [3.8, 4) is 11.4 Å². The molecule has 0 amide bonds. The molecule has 160 valence electrons. The summed E-state index contributed by atoms with van der Waals surface area (Å²) >= 11 is 3.35. The predicted molar refractivity (Wildman–Crippen MR) is 122 cm³/mol. The van der Waals surface area contributed by atoms with Gasteiger partial charge in [0.15, 0.2) is 11.0 Å². The number of morpholine rings is 1. The first-order chi connectivity index (χ1) is 15.3. The van der Waals surface area contributed by atoms with Crippen molar-refractivity contribution in [2.24, 2.45) is 0 Å². The van der Waals surface area contributed by atoms with Crippen LogP contribution in [0.25, 0.3) is 21.6 Å². The van der Waals surface area contributed by atoms with Crippen LogP contribution in [0.1, 0.15) is 5.01 Å². The minimum Gasteiger partial charge on any atom is -0.379 e. The lowest BCUT2D eigenvalue weighted by Crippen LogP contribution is -2.38. The molecular formula is C22H22FN5OS2. The second-order valence-electron chi connectivity index (χ2n) is 7.28. The molecule has 0 atom stereocenters. The van der Waals surface area contributed by atoms with Crippen LogP contribution in [0.5, 0.6) is 0 Å². The van der Waals surface area contributed by atoms with E-state index in [0.717, 1.165) is 72.2 Å². The SMILES string of the molecule is Fc1ccc(-c2nnc(SCc3nc4ccccc4s3)n2CCN2CCOCC2)cc1. The van der Waals surface area contributed by atoms with Crippen LogP contribution in [0.3, 0.4) is 0 Å². The summed E-state index contributed by atoms with van der Waals surface area (Å²) in [5, 5.41) is 10.8. The molecule has 0 spiro atoms. The zero-order valence-electron chi connectivity index (χ0n) is 16.9. The number of hydrogen-bond donors (Lipinski definition) is 0. The normalized spacial score (nSPS) is 15.0. The van der Waals surface area contributed by atoms with Gasteiger partial charge in [-0.25, -0.2) is 9.37 Å². The molecular weight excluding hydrogens is 433 g/mol. The molecule has 1 fully saturated rings. The Hall–Kier alpha value is -2.33. The lowest BCUT2D eigenvalue weighted by atomic mass is 10.2. The molecule has 0 bridgehead atoms. The number of para-hydroxylation sites is 1. The maximum Gasteiger partial charge on any atom is 0.191 e. The van der Waals surface area contributed by atoms with Crippen molar-refractivity contribution >= 4 is 33.3 Å². The number of halogens is 1. The molecule has 4 aromatic rings. The molecule has 31 heavy (non-hydrogen) atoms. The monoisotopic (exact) mass is 455 g/mol. The summed E-state index contributed by atoms with van der Waals surface area (Å²) in [7, 11) is 0. The van der Waals surface area contributed by atoms with E-state index >= 15 is 0 Å². The van der Waals surface area contributed by atoms with E-state index in [-0.39, 0.29) is 5.82 Å². The van der Waals surface area contributed by atoms with E-state index in [1.165, 1.54) is 16.8 Å². The number of thiazole rings is 1. The summed E-state index contributed by atoms with van der Waals surface area (Å²) in [6.07, 6.45) is 0. The number of nitrogens with zero attached hydrogens (tertiary/aromatic N) is 5. The van der Waals surface area contributed by atoms with Crippen molar-refractivity contribution in [3.63, 3.8) is 0 Å². The first-order valence-corrected chi connectivity index (χ1v) is 12.0. The van der Waals surface area contributed by atoms with E-state index in [1.807, 2.05) is 18.2 Å². The van der Waals surface area contributed by atoms with Crippen LogP contribution in [0.15, 0.2) is 53.7 Å². The van der Waals surface area contributed by atoms with Crippen LogP contribution in [-0.2, 0) is 17.0 Å². The maximum atomic E-state index is 13.4. The molecule has 3 heterocycles. The zero-order valence-corrected chi connectivity index (χ0v) is 18.5. The summed E-state index contributed by atoms with van der Waals surface area (Å²) in [5.74, 6) is 1.24. The Balaban J connectivity index is 1.37. The Kier molecular flexibility index (Phi) is 6.26. The van der Waals surface area contributed by atoms with E-state index in [1.54, 1.807) is 35.2 Å². The van der Waals surface area contributed by atoms with Gasteiger partial charge in [0, 0.05) is 31.7 Å². The van der Waals surface area contributed by atoms with Crippen molar-refractivity contribution < 1.29 is 9.13 Å². The topological polar surface area (TPSA) is 56.1 Å². The number of hydrogen-bond acceptors (Lipinski definition) is 7. The standard InChI is InChI=1S/C22H22FN5OS2/c23-17-7-5-16(6-8-17)21-25-26-22(28(21)10-9-27-11-13-29-14-12-27)30-15-20-24-18-3-1-2-4-19(18)31-20/h1-8H,9-15H2. The molecule has 9 heteroatoms. The van der Waals surface area contributed by atoms with Crippen LogP contribution in [0.2, 0.25) is 0 Å². The average Bonchev–Trinajstić information content (AvgIpc) is 3.41. The van der Waals surface area contributed by atoms with Crippen molar-refractivity contribution in [2.75, 3.05) is 32.8 Å². The summed E-state index contributed by atoms with van der Waals surface area (Å²) in [4.78, 5) is 7.12. The highest BCUT2D eigenvalue weighted by Gasteiger charge is 2.18. The van der Waals surface area contributed by atoms with E-state index in [9.17, 15) is 4.39 Å². The van der Waals surface area contributed by atoms with E-state index < -0.39 is 0 Å². The number of thioether (sulfide) groups is 1. The third-order valence-electron chi connectivity index (χ3n) is 5.23. The van der Waals surface area contributed by atoms with E-state index in [0.29, 0.717) is 0 Å². The molecule has 1 aliphatic rings. The number of ether oxygens (including phenoxy) is 1. The molecule has 0 radical (unpaired) electrons. The van der Waals surface area contributed by atoms with Gasteiger partial charge >= 0.3 is 0 Å². The van der Waals surface area contributed by atoms with Crippen LogP contribution < -0.4 is 0 Å². The third kappa shape index (κ3) is 4.79. The van der Waals surface area contributed by atoms with Crippen molar-refractivity contribution in [3.05, 3.63) is 59.4 Å². The Labute approximate surface area is 188 Å². The second kappa shape index (κ2) is 9.44. The summed E-state index contributed by atoms with van der Waals surface area (Å²) in [6, 6.07) is 14.6. The fraction of sp³-hybridized carbons (Fsp3) is 0.318. The van der Waals surface area contributed by atoms with Gasteiger partial charge in [-0.3, -0.25) is 4.90 Å². The molecule has 0 aliphatic carbocycles. The number of aromatic nitrogens is 4. The predicted octanol–water partition coefficient (Wildman–Crippen LogP) is 4.32. The Bertz CT molecular complexity index is 1120. The van der Waals surface area contributed by atoms with Gasteiger partial charge in [0.2, 0.25) is 0 Å². The van der Waals surface area contributed by atoms with Gasteiger partial charge in [-0.05, 0) is 36.4 Å². The fourth-order valence-corrected chi connectivity index (χ4v) is 5.51. The van der Waals surface area contributed by atoms with Gasteiger partial charge in [0.25, 0.3) is 0 Å². The van der Waals surface area contributed by atoms with E-state index in [2.05, 4.69) is 25.7 Å². The summed E-state index contributed by atoms with van der Waals surface area (Å²) in [5.41, 5.74) is 1.90. The Morgan fingerprint density at radius 1 is 1.00 bits per heavy atom. The third-order valence-corrected chi connectivity index (χ3v) is 7.42. The maximum absolute atomic E-state index is 13.4. The Morgan fingerprint density at radius 2 is 1.81 bits per heavy atom. The largest absolute Gasteiger partial charge is 0.379 e. The van der Waals surface area contributed by atoms with Crippen LogP contribution >= 0.6 is 23.1 Å². The number of benzene rings is 2. The van der Waals surface area contributed by atoms with Crippen molar-refractivity contribution in [1.82, 2.24) is 24.6 Å². The highest BCUT2D eigenvalue weighted by molar-refractivity contribution is 7.98. The van der Waals surface area contributed by atoms with Gasteiger partial charge in [-0.2, -0.15) is 0 Å². The molecule has 1 saturated heterocycles. The van der Waals surface area contributed by atoms with Gasteiger partial charge in [-0.15, -0.1) is 21.5 Å². The average molecular weight is 456 g/mol. The lowest BCUT2D eigenvalue weighted by Gasteiger charge is -2.27. The van der Waals surface area contributed by atoms with Crippen molar-refractivity contribution in [1.29, 1.82) is 0 Å². The van der Waals surface area contributed by atoms with Gasteiger partial charge in [-0.1, -0.05) is 23.9 Å². The highest BCUT2D eigenvalue weighted by atomic mass is 32.2. The van der Waals surface area contributed by atoms with Crippen LogP contribution in [0, 0.1) is 5.82 Å². The molecule has 2 aromatic carbocycles. The Morgan fingerprint density at radius 3 is 2.61 bits per heavy atom. The number of rotatable bonds is 7. The molecule has 1 aliphatic heterocycles. The molecule has 5 rings (SSSR count). The van der Waals surface area contributed by atoms with Crippen LogP contribution in [0.4, 0.5) is 4.39 Å². The summed E-state index contributed by atoms with van der Waals surface area (Å²) < 4.78 is 22.2. The second-order valence-corrected chi connectivity index (χ2v) is 9.34. The summed E-state index contributed by atoms with van der Waals surface area (Å²) in [6.45, 7) is 5.06. The molecule has 2 aromatic heterocycles. The van der Waals surface area contributed by atoms with Crippen molar-refractivity contribution in [2.45, 2.75) is 17.5 Å². The minimum absolute atomic E-state index is 0.256. The fourth-order valence-electron chi connectivity index (χ4n) is 3.58. The highest BCUT2D eigenvalue weighted by Crippen LogP contribution is 2.30. The smallest absolute Gasteiger partial charge is 0.191 e. The molecule has 0 saturated carbocycles. The zero-order chi connectivity index (χ0) is 21.0. The molecule has 6 nitrogen and oxygen atoms in total. The van der Waals surface area contributed by atoms with Gasteiger partial charge in [0.1, 0.15) is 10.8 Å². The first-order valence-electron chi connectivity index (χ1n) is 10.2. The van der Waals surface area contributed by atoms with Gasteiger partial charge < -0.3 is 9.30 Å². The quantitative estimate of drug-likeness (QED) is 0.387. The van der Waals surface area contributed by atoms with Gasteiger partial charge in [0.05, 0.1) is 29.2 Å². The molecule has 0 N–H and O–H groups in total. The van der Waals surface area contributed by atoms with E-state index in [4.69, 9.17) is 9.72 Å². The number of fused-ring (bicyclic) bond motifs is 1.